The van der Waals surface area contributed by atoms with Gasteiger partial charge in [-0.25, -0.2) is 0 Å². The van der Waals surface area contributed by atoms with Crippen molar-refractivity contribution in [3.8, 4) is 0 Å². The third kappa shape index (κ3) is 3.98. The van der Waals surface area contributed by atoms with Crippen LogP contribution in [0.1, 0.15) is 51.9 Å². The average Bonchev–Trinajstić information content (AvgIpc) is 2.60. The van der Waals surface area contributed by atoms with Crippen molar-refractivity contribution in [1.82, 2.24) is 10.2 Å². The number of piperidine rings is 1. The molecule has 2 fully saturated rings. The molecule has 1 N–H and O–H groups in total. The molecule has 2 heterocycles. The van der Waals surface area contributed by atoms with Gasteiger partial charge in [-0.1, -0.05) is 13.3 Å². The predicted octanol–water partition coefficient (Wildman–Crippen LogP) is 2.41. The highest BCUT2D eigenvalue weighted by molar-refractivity contribution is 5.76. The van der Waals surface area contributed by atoms with Crippen LogP contribution in [0, 0.1) is 11.8 Å². The summed E-state index contributed by atoms with van der Waals surface area (Å²) >= 11 is 0. The van der Waals surface area contributed by atoms with E-state index in [-0.39, 0.29) is 0 Å². The van der Waals surface area contributed by atoms with E-state index >= 15 is 0 Å². The van der Waals surface area contributed by atoms with Gasteiger partial charge >= 0.3 is 0 Å². The molecule has 2 saturated heterocycles. The molecule has 0 aromatic carbocycles. The highest BCUT2D eigenvalue weighted by Crippen LogP contribution is 2.22. The Bertz CT molecular complexity index is 261. The number of carbonyl (C=O) groups excluding carboxylic acids is 1. The van der Waals surface area contributed by atoms with Crippen LogP contribution in [0.2, 0.25) is 0 Å². The Labute approximate surface area is 111 Å². The van der Waals surface area contributed by atoms with Crippen LogP contribution < -0.4 is 5.32 Å². The van der Waals surface area contributed by atoms with Crippen molar-refractivity contribution in [3.63, 3.8) is 0 Å². The summed E-state index contributed by atoms with van der Waals surface area (Å²) in [4.78, 5) is 14.2. The summed E-state index contributed by atoms with van der Waals surface area (Å²) in [7, 11) is 0. The third-order valence-electron chi connectivity index (χ3n) is 4.77. The Balaban J connectivity index is 1.75. The molecule has 0 spiro atoms. The molecule has 0 aliphatic carbocycles. The Kier molecular flexibility index (Phi) is 5.48. The van der Waals surface area contributed by atoms with Gasteiger partial charge in [0.25, 0.3) is 0 Å². The fourth-order valence-corrected chi connectivity index (χ4v) is 3.25. The first-order valence-corrected chi connectivity index (χ1v) is 7.78. The second-order valence-corrected chi connectivity index (χ2v) is 5.96. The van der Waals surface area contributed by atoms with Crippen LogP contribution in [0.3, 0.4) is 0 Å². The van der Waals surface area contributed by atoms with E-state index in [9.17, 15) is 4.79 Å². The molecular formula is C15H28N2O. The van der Waals surface area contributed by atoms with Crippen molar-refractivity contribution in [1.29, 1.82) is 0 Å². The van der Waals surface area contributed by atoms with Crippen molar-refractivity contribution >= 4 is 5.91 Å². The molecule has 3 heteroatoms. The first-order chi connectivity index (χ1) is 8.79. The number of hydrogen-bond donors (Lipinski definition) is 1. The number of nitrogens with zero attached hydrogens (tertiary/aromatic N) is 1. The van der Waals surface area contributed by atoms with Crippen LogP contribution in [-0.2, 0) is 4.79 Å². The molecule has 2 rings (SSSR count). The van der Waals surface area contributed by atoms with E-state index in [0.717, 1.165) is 50.9 Å². The molecular weight excluding hydrogens is 224 g/mol. The van der Waals surface area contributed by atoms with Crippen LogP contribution in [0.15, 0.2) is 0 Å². The molecule has 3 nitrogen and oxygen atoms in total. The van der Waals surface area contributed by atoms with E-state index in [1.165, 1.54) is 32.1 Å². The normalized spacial score (nSPS) is 27.3. The summed E-state index contributed by atoms with van der Waals surface area (Å²) in [6, 6.07) is 0. The lowest BCUT2D eigenvalue weighted by Crippen LogP contribution is -2.34. The fraction of sp³-hybridized carbons (Fsp3) is 0.933. The highest BCUT2D eigenvalue weighted by Gasteiger charge is 2.22. The topological polar surface area (TPSA) is 32.3 Å². The van der Waals surface area contributed by atoms with E-state index < -0.39 is 0 Å². The number of hydrogen-bond acceptors (Lipinski definition) is 2. The molecule has 1 amide bonds. The van der Waals surface area contributed by atoms with E-state index in [2.05, 4.69) is 17.1 Å². The molecule has 18 heavy (non-hydrogen) atoms. The number of nitrogens with one attached hydrogen (secondary N) is 1. The SMILES string of the molecule is CCC1CCC(=O)N(CCC2CCNCC2)CC1. The Morgan fingerprint density at radius 2 is 1.94 bits per heavy atom. The summed E-state index contributed by atoms with van der Waals surface area (Å²) in [5.74, 6) is 2.02. The molecule has 104 valence electrons. The molecule has 2 aliphatic heterocycles. The molecule has 2 aliphatic rings. The van der Waals surface area contributed by atoms with Crippen LogP contribution in [0.5, 0.6) is 0 Å². The summed E-state index contributed by atoms with van der Waals surface area (Å²) < 4.78 is 0. The lowest BCUT2D eigenvalue weighted by molar-refractivity contribution is -0.130. The molecule has 1 atom stereocenters. The minimum atomic E-state index is 0.403. The number of rotatable bonds is 4. The molecule has 0 aromatic heterocycles. The van der Waals surface area contributed by atoms with Gasteiger partial charge in [-0.05, 0) is 57.0 Å². The Morgan fingerprint density at radius 1 is 1.17 bits per heavy atom. The van der Waals surface area contributed by atoms with E-state index in [1.54, 1.807) is 0 Å². The quantitative estimate of drug-likeness (QED) is 0.833. The molecule has 0 aromatic rings. The summed E-state index contributed by atoms with van der Waals surface area (Å²) in [6.45, 7) is 6.58. The van der Waals surface area contributed by atoms with Crippen molar-refractivity contribution in [2.75, 3.05) is 26.2 Å². The van der Waals surface area contributed by atoms with E-state index in [0.29, 0.717) is 5.91 Å². The first-order valence-electron chi connectivity index (χ1n) is 7.78. The van der Waals surface area contributed by atoms with Gasteiger partial charge in [-0.2, -0.15) is 0 Å². The lowest BCUT2D eigenvalue weighted by atomic mass is 9.94. The maximum atomic E-state index is 12.1. The van der Waals surface area contributed by atoms with Crippen molar-refractivity contribution in [2.24, 2.45) is 11.8 Å². The zero-order valence-electron chi connectivity index (χ0n) is 11.8. The van der Waals surface area contributed by atoms with Crippen LogP contribution >= 0.6 is 0 Å². The summed E-state index contributed by atoms with van der Waals surface area (Å²) in [5.41, 5.74) is 0. The average molecular weight is 252 g/mol. The van der Waals surface area contributed by atoms with E-state index in [4.69, 9.17) is 0 Å². The Hall–Kier alpha value is -0.570. The highest BCUT2D eigenvalue weighted by atomic mass is 16.2. The van der Waals surface area contributed by atoms with Crippen LogP contribution in [0.25, 0.3) is 0 Å². The first kappa shape index (κ1) is 13.9. The van der Waals surface area contributed by atoms with Gasteiger partial charge in [0.15, 0.2) is 0 Å². The zero-order valence-corrected chi connectivity index (χ0v) is 11.8. The van der Waals surface area contributed by atoms with Gasteiger partial charge in [0.2, 0.25) is 5.91 Å². The lowest BCUT2D eigenvalue weighted by Gasteiger charge is -2.26. The third-order valence-corrected chi connectivity index (χ3v) is 4.77. The largest absolute Gasteiger partial charge is 0.343 e. The van der Waals surface area contributed by atoms with Crippen molar-refractivity contribution in [2.45, 2.75) is 51.9 Å². The molecule has 0 saturated carbocycles. The summed E-state index contributed by atoms with van der Waals surface area (Å²) in [5, 5.41) is 3.40. The number of amides is 1. The minimum Gasteiger partial charge on any atom is -0.343 e. The van der Waals surface area contributed by atoms with Gasteiger partial charge in [-0.3, -0.25) is 4.79 Å². The van der Waals surface area contributed by atoms with Gasteiger partial charge in [0, 0.05) is 19.5 Å². The van der Waals surface area contributed by atoms with Crippen molar-refractivity contribution < 1.29 is 4.79 Å². The minimum absolute atomic E-state index is 0.403. The van der Waals surface area contributed by atoms with Gasteiger partial charge < -0.3 is 10.2 Å². The maximum absolute atomic E-state index is 12.1. The smallest absolute Gasteiger partial charge is 0.222 e. The van der Waals surface area contributed by atoms with Gasteiger partial charge in [-0.15, -0.1) is 0 Å². The molecule has 1 unspecified atom stereocenters. The number of likely N-dealkylation sites (tertiary alicyclic amines) is 1. The predicted molar refractivity (Wildman–Crippen MR) is 74.4 cm³/mol. The second kappa shape index (κ2) is 7.13. The summed E-state index contributed by atoms with van der Waals surface area (Å²) in [6.07, 6.45) is 8.14. The maximum Gasteiger partial charge on any atom is 0.222 e. The monoisotopic (exact) mass is 252 g/mol. The van der Waals surface area contributed by atoms with E-state index in [1.807, 2.05) is 0 Å². The molecule has 0 radical (unpaired) electrons. The second-order valence-electron chi connectivity index (χ2n) is 5.96. The van der Waals surface area contributed by atoms with Gasteiger partial charge in [0.1, 0.15) is 0 Å². The Morgan fingerprint density at radius 3 is 2.67 bits per heavy atom. The van der Waals surface area contributed by atoms with Crippen LogP contribution in [-0.4, -0.2) is 37.0 Å². The molecule has 0 bridgehead atoms. The fourth-order valence-electron chi connectivity index (χ4n) is 3.25. The standard InChI is InChI=1S/C15H28N2O/c1-2-13-3-4-15(18)17(11-7-13)12-8-14-5-9-16-10-6-14/h13-14,16H,2-12H2,1H3. The number of carbonyl (C=O) groups is 1. The van der Waals surface area contributed by atoms with Crippen LogP contribution in [0.4, 0.5) is 0 Å². The van der Waals surface area contributed by atoms with Gasteiger partial charge in [0.05, 0.1) is 0 Å². The van der Waals surface area contributed by atoms with Crippen molar-refractivity contribution in [3.05, 3.63) is 0 Å². The zero-order chi connectivity index (χ0) is 12.8.